The molecule has 65 valence electrons. The van der Waals surface area contributed by atoms with Gasteiger partial charge in [-0.15, -0.1) is 0 Å². The summed E-state index contributed by atoms with van der Waals surface area (Å²) in [5.41, 5.74) is 0.0219. The van der Waals surface area contributed by atoms with Crippen molar-refractivity contribution in [3.63, 3.8) is 0 Å². The van der Waals surface area contributed by atoms with Crippen LogP contribution in [0.2, 0.25) is 0 Å². The van der Waals surface area contributed by atoms with E-state index in [1.165, 1.54) is 0 Å². The summed E-state index contributed by atoms with van der Waals surface area (Å²) in [5.74, 6) is -1.00. The Hall–Kier alpha value is -1.52. The molecule has 5 nitrogen and oxygen atoms in total. The van der Waals surface area contributed by atoms with Crippen LogP contribution in [0.15, 0.2) is 10.6 Å². The van der Waals surface area contributed by atoms with Gasteiger partial charge < -0.3 is 9.84 Å². The van der Waals surface area contributed by atoms with Crippen molar-refractivity contribution in [1.29, 1.82) is 0 Å². The molecule has 1 amide bonds. The second kappa shape index (κ2) is 3.25. The van der Waals surface area contributed by atoms with E-state index < -0.39 is 11.9 Å². The van der Waals surface area contributed by atoms with Crippen LogP contribution >= 0.6 is 0 Å². The zero-order valence-electron chi connectivity index (χ0n) is 6.83. The van der Waals surface area contributed by atoms with Crippen LogP contribution in [0.1, 0.15) is 24.3 Å². The molecule has 0 fully saturated rings. The van der Waals surface area contributed by atoms with Gasteiger partial charge in [0.25, 0.3) is 5.91 Å². The van der Waals surface area contributed by atoms with Crippen LogP contribution in [0.4, 0.5) is 0 Å². The molecule has 1 radical (unpaired) electrons. The number of aromatic nitrogens is 1. The number of nitrogens with zero attached hydrogens (tertiary/aromatic N) is 1. The summed E-state index contributed by atoms with van der Waals surface area (Å²) in [7, 11) is 0. The summed E-state index contributed by atoms with van der Waals surface area (Å²) in [6, 6.07) is 1.07. The topological polar surface area (TPSA) is 75.0 Å². The maximum Gasteiger partial charge on any atom is 0.361 e. The molecule has 0 aliphatic rings. The van der Waals surface area contributed by atoms with E-state index in [0.29, 0.717) is 0 Å². The molecule has 1 aromatic rings. The number of hydrogen-bond acceptors (Lipinski definition) is 3. The molecule has 0 aliphatic carbocycles. The quantitative estimate of drug-likeness (QED) is 0.716. The van der Waals surface area contributed by atoms with Gasteiger partial charge in [0.2, 0.25) is 0 Å². The first kappa shape index (κ1) is 8.58. The van der Waals surface area contributed by atoms with Crippen molar-refractivity contribution in [3.05, 3.63) is 11.8 Å². The van der Waals surface area contributed by atoms with Gasteiger partial charge in [0.1, 0.15) is 0 Å². The van der Waals surface area contributed by atoms with Crippen LogP contribution in [0.5, 0.6) is 5.95 Å². The third-order valence-electron chi connectivity index (χ3n) is 1.14. The maximum absolute atomic E-state index is 11.1. The van der Waals surface area contributed by atoms with Crippen molar-refractivity contribution in [2.45, 2.75) is 19.9 Å². The van der Waals surface area contributed by atoms with E-state index in [4.69, 9.17) is 0 Å². The monoisotopic (exact) mass is 169 g/mol. The summed E-state index contributed by atoms with van der Waals surface area (Å²) in [5, 5.41) is 16.3. The molecule has 1 rings (SSSR count). The Kier molecular flexibility index (Phi) is 2.32. The Labute approximate surface area is 69.4 Å². The predicted molar refractivity (Wildman–Crippen MR) is 39.2 cm³/mol. The highest BCUT2D eigenvalue weighted by Crippen LogP contribution is 2.10. The zero-order chi connectivity index (χ0) is 9.14. The highest BCUT2D eigenvalue weighted by Gasteiger charge is 2.12. The number of nitrogens with one attached hydrogen (secondary N) is 1. The number of carbonyl (C=O) groups excluding carboxylic acids is 1. The molecule has 1 N–H and O–H groups in total. The van der Waals surface area contributed by atoms with Gasteiger partial charge in [-0.05, 0) is 13.8 Å². The summed E-state index contributed by atoms with van der Waals surface area (Å²) in [6.45, 7) is 3.63. The lowest BCUT2D eigenvalue weighted by Gasteiger charge is -2.04. The van der Waals surface area contributed by atoms with Crippen molar-refractivity contribution in [1.82, 2.24) is 10.5 Å². The van der Waals surface area contributed by atoms with Gasteiger partial charge in [0, 0.05) is 6.04 Å². The smallest absolute Gasteiger partial charge is 0.348 e. The lowest BCUT2D eigenvalue weighted by atomic mass is 10.3. The Balaban J connectivity index is 2.65. The average molecular weight is 169 g/mol. The Bertz CT molecular complexity index is 280. The Morgan fingerprint density at radius 3 is 2.75 bits per heavy atom. The molecule has 0 saturated carbocycles. The predicted octanol–water partition coefficient (Wildman–Crippen LogP) is 0.957. The van der Waals surface area contributed by atoms with Crippen molar-refractivity contribution in [3.8, 4) is 5.95 Å². The van der Waals surface area contributed by atoms with Gasteiger partial charge >= 0.3 is 5.95 Å². The van der Waals surface area contributed by atoms with Gasteiger partial charge in [-0.2, -0.15) is 0 Å². The molecule has 12 heavy (non-hydrogen) atoms. The minimum absolute atomic E-state index is 0.0179. The van der Waals surface area contributed by atoms with Crippen LogP contribution in [-0.2, 0) is 5.11 Å². The highest BCUT2D eigenvalue weighted by molar-refractivity contribution is 5.92. The first-order valence-electron chi connectivity index (χ1n) is 3.54. The molecule has 0 unspecified atom stereocenters. The van der Waals surface area contributed by atoms with Crippen LogP contribution in [0.25, 0.3) is 0 Å². The Morgan fingerprint density at radius 2 is 2.33 bits per heavy atom. The molecule has 0 saturated heterocycles. The third kappa shape index (κ3) is 1.98. The Morgan fingerprint density at radius 1 is 1.67 bits per heavy atom. The lowest BCUT2D eigenvalue weighted by Crippen LogP contribution is -2.30. The molecule has 0 spiro atoms. The number of hydrogen-bond donors (Lipinski definition) is 1. The van der Waals surface area contributed by atoms with Crippen molar-refractivity contribution in [2.24, 2.45) is 0 Å². The van der Waals surface area contributed by atoms with Gasteiger partial charge in [-0.25, -0.2) is 5.11 Å². The fourth-order valence-corrected chi connectivity index (χ4v) is 0.702. The maximum atomic E-state index is 11.1. The second-order valence-electron chi connectivity index (χ2n) is 2.66. The molecular formula is C7H9N2O3. The van der Waals surface area contributed by atoms with E-state index in [0.717, 1.165) is 6.07 Å². The van der Waals surface area contributed by atoms with Gasteiger partial charge in [0.05, 0.1) is 6.07 Å². The SMILES string of the molecule is CC(C)NC(=O)c1cc([O])on1. The van der Waals surface area contributed by atoms with E-state index >= 15 is 0 Å². The summed E-state index contributed by atoms with van der Waals surface area (Å²) in [4.78, 5) is 11.1. The van der Waals surface area contributed by atoms with Crippen molar-refractivity contribution in [2.75, 3.05) is 0 Å². The van der Waals surface area contributed by atoms with Gasteiger partial charge in [0.15, 0.2) is 5.69 Å². The molecule has 1 heterocycles. The average Bonchev–Trinajstić information content (AvgIpc) is 2.34. The lowest BCUT2D eigenvalue weighted by molar-refractivity contribution is 0.0933. The third-order valence-corrected chi connectivity index (χ3v) is 1.14. The normalized spacial score (nSPS) is 10.2. The second-order valence-corrected chi connectivity index (χ2v) is 2.66. The van der Waals surface area contributed by atoms with E-state index in [2.05, 4.69) is 15.0 Å². The molecule has 0 atom stereocenters. The standard InChI is InChI=1S/C7H9N2O3/c1-4(2)8-7(11)5-3-6(10)12-9-5/h3-4H,1-2H3,(H,8,11). The van der Waals surface area contributed by atoms with E-state index in [1.807, 2.05) is 13.8 Å². The van der Waals surface area contributed by atoms with Crippen molar-refractivity contribution < 1.29 is 14.4 Å². The van der Waals surface area contributed by atoms with Crippen LogP contribution in [-0.4, -0.2) is 17.1 Å². The van der Waals surface area contributed by atoms with E-state index in [9.17, 15) is 9.90 Å². The minimum atomic E-state index is -0.607. The number of amides is 1. The molecule has 0 aromatic carbocycles. The number of carbonyl (C=O) groups is 1. The summed E-state index contributed by atoms with van der Waals surface area (Å²) < 4.78 is 4.20. The van der Waals surface area contributed by atoms with Gasteiger partial charge in [-0.3, -0.25) is 4.79 Å². The van der Waals surface area contributed by atoms with Gasteiger partial charge in [-0.1, -0.05) is 5.16 Å². The minimum Gasteiger partial charge on any atom is -0.348 e. The van der Waals surface area contributed by atoms with Crippen LogP contribution in [0, 0.1) is 0 Å². The van der Waals surface area contributed by atoms with Crippen LogP contribution in [0.3, 0.4) is 0 Å². The first-order chi connectivity index (χ1) is 5.59. The summed E-state index contributed by atoms with van der Waals surface area (Å²) in [6.07, 6.45) is 0. The van der Waals surface area contributed by atoms with E-state index in [-0.39, 0.29) is 11.7 Å². The molecule has 0 aliphatic heterocycles. The number of rotatable bonds is 2. The largest absolute Gasteiger partial charge is 0.361 e. The van der Waals surface area contributed by atoms with Crippen LogP contribution < -0.4 is 5.32 Å². The molecule has 5 heteroatoms. The molecular weight excluding hydrogens is 160 g/mol. The molecule has 1 aromatic heterocycles. The molecule has 0 bridgehead atoms. The first-order valence-corrected chi connectivity index (χ1v) is 3.54. The summed E-state index contributed by atoms with van der Waals surface area (Å²) >= 11 is 0. The fourth-order valence-electron chi connectivity index (χ4n) is 0.702. The highest BCUT2D eigenvalue weighted by atomic mass is 16.5. The van der Waals surface area contributed by atoms with E-state index in [1.54, 1.807) is 0 Å². The van der Waals surface area contributed by atoms with Crippen molar-refractivity contribution >= 4 is 5.91 Å². The fraction of sp³-hybridized carbons (Fsp3) is 0.429. The zero-order valence-corrected chi connectivity index (χ0v) is 6.83.